The van der Waals surface area contributed by atoms with E-state index >= 15 is 0 Å². The topological polar surface area (TPSA) is 64.2 Å². The Morgan fingerprint density at radius 1 is 0.966 bits per heavy atom. The number of rotatable bonds is 4. The zero-order chi connectivity index (χ0) is 19.8. The van der Waals surface area contributed by atoms with Crippen molar-refractivity contribution in [2.45, 2.75) is 19.4 Å². The lowest BCUT2D eigenvalue weighted by Gasteiger charge is -2.15. The van der Waals surface area contributed by atoms with E-state index in [1.54, 1.807) is 11.6 Å². The summed E-state index contributed by atoms with van der Waals surface area (Å²) in [6.45, 7) is 3.31. The molecule has 1 saturated heterocycles. The highest BCUT2D eigenvalue weighted by Crippen LogP contribution is 2.26. The first kappa shape index (κ1) is 17.8. The quantitative estimate of drug-likeness (QED) is 0.533. The van der Waals surface area contributed by atoms with Gasteiger partial charge in [-0.3, -0.25) is 14.3 Å². The number of hydrogen-bond donors (Lipinski definition) is 0. The van der Waals surface area contributed by atoms with Gasteiger partial charge in [-0.1, -0.05) is 59.8 Å². The minimum Gasteiger partial charge on any atom is -0.335 e. The Bertz CT molecular complexity index is 1200. The summed E-state index contributed by atoms with van der Waals surface area (Å²) in [6, 6.07) is 17.8. The molecule has 29 heavy (non-hydrogen) atoms. The number of fused-ring (bicyclic) bond motifs is 1. The molecule has 0 N–H and O–H groups in total. The van der Waals surface area contributed by atoms with Crippen LogP contribution in [-0.2, 0) is 13.6 Å². The van der Waals surface area contributed by atoms with Crippen molar-refractivity contribution in [1.82, 2.24) is 19.6 Å². The van der Waals surface area contributed by atoms with Crippen molar-refractivity contribution in [2.24, 2.45) is 7.05 Å². The molecule has 0 bridgehead atoms. The predicted octanol–water partition coefficient (Wildman–Crippen LogP) is 3.85. The highest BCUT2D eigenvalue weighted by atomic mass is 16.5. The fourth-order valence-electron chi connectivity index (χ4n) is 4.00. The Balaban J connectivity index is 1.52. The Labute approximate surface area is 168 Å². The van der Waals surface area contributed by atoms with Crippen molar-refractivity contribution >= 4 is 11.1 Å². The van der Waals surface area contributed by atoms with Crippen LogP contribution in [0.5, 0.6) is 0 Å². The molecule has 1 aliphatic rings. The second-order valence-electron chi connectivity index (χ2n) is 7.56. The molecule has 3 heterocycles. The Morgan fingerprint density at radius 2 is 1.69 bits per heavy atom. The normalized spacial score (nSPS) is 14.7. The molecule has 2 aromatic carbocycles. The molecule has 1 aliphatic heterocycles. The Kier molecular flexibility index (Phi) is 4.48. The van der Waals surface area contributed by atoms with E-state index in [2.05, 4.69) is 27.2 Å². The molecule has 5 rings (SSSR count). The summed E-state index contributed by atoms with van der Waals surface area (Å²) < 4.78 is 7.00. The second-order valence-corrected chi connectivity index (χ2v) is 7.56. The zero-order valence-corrected chi connectivity index (χ0v) is 16.3. The summed E-state index contributed by atoms with van der Waals surface area (Å²) >= 11 is 0. The van der Waals surface area contributed by atoms with E-state index < -0.39 is 0 Å². The van der Waals surface area contributed by atoms with E-state index in [9.17, 15) is 4.79 Å². The molecule has 0 atom stereocenters. The average molecular weight is 386 g/mol. The van der Waals surface area contributed by atoms with Crippen LogP contribution in [0.25, 0.3) is 33.7 Å². The van der Waals surface area contributed by atoms with Crippen molar-refractivity contribution < 1.29 is 4.52 Å². The van der Waals surface area contributed by atoms with Gasteiger partial charge in [0.15, 0.2) is 0 Å². The molecular formula is C23H22N4O2. The van der Waals surface area contributed by atoms with Gasteiger partial charge in [-0.25, -0.2) is 0 Å². The van der Waals surface area contributed by atoms with E-state index in [4.69, 9.17) is 4.52 Å². The van der Waals surface area contributed by atoms with Gasteiger partial charge in [0, 0.05) is 24.7 Å². The maximum atomic E-state index is 13.1. The fraction of sp³-hybridized carbons (Fsp3) is 0.261. The number of hydrogen-bond acceptors (Lipinski definition) is 5. The molecule has 2 aromatic heterocycles. The zero-order valence-electron chi connectivity index (χ0n) is 16.3. The Morgan fingerprint density at radius 3 is 2.41 bits per heavy atom. The van der Waals surface area contributed by atoms with Gasteiger partial charge < -0.3 is 4.52 Å². The van der Waals surface area contributed by atoms with Crippen LogP contribution >= 0.6 is 0 Å². The third kappa shape index (κ3) is 3.25. The van der Waals surface area contributed by atoms with Crippen molar-refractivity contribution in [3.63, 3.8) is 0 Å². The molecule has 6 heteroatoms. The predicted molar refractivity (Wildman–Crippen MR) is 112 cm³/mol. The lowest BCUT2D eigenvalue weighted by Crippen LogP contribution is -2.20. The van der Waals surface area contributed by atoms with Crippen LogP contribution in [0.15, 0.2) is 63.9 Å². The largest absolute Gasteiger partial charge is 0.335 e. The summed E-state index contributed by atoms with van der Waals surface area (Å²) in [4.78, 5) is 20.2. The molecule has 0 spiro atoms. The van der Waals surface area contributed by atoms with Crippen LogP contribution in [0.3, 0.4) is 0 Å². The summed E-state index contributed by atoms with van der Waals surface area (Å²) in [7, 11) is 1.74. The minimum atomic E-state index is -0.161. The number of aromatic nitrogens is 3. The number of nitrogens with zero attached hydrogens (tertiary/aromatic N) is 4. The molecule has 146 valence electrons. The third-order valence-corrected chi connectivity index (χ3v) is 5.58. The van der Waals surface area contributed by atoms with Crippen molar-refractivity contribution in [3.05, 3.63) is 70.5 Å². The maximum absolute atomic E-state index is 13.1. The highest BCUT2D eigenvalue weighted by Gasteiger charge is 2.19. The first-order valence-corrected chi connectivity index (χ1v) is 9.94. The van der Waals surface area contributed by atoms with Gasteiger partial charge in [0.2, 0.25) is 0 Å². The van der Waals surface area contributed by atoms with Crippen LogP contribution < -0.4 is 5.56 Å². The molecule has 6 nitrogen and oxygen atoms in total. The summed E-state index contributed by atoms with van der Waals surface area (Å²) in [6.07, 6.45) is 2.57. The second kappa shape index (κ2) is 7.29. The third-order valence-electron chi connectivity index (χ3n) is 5.58. The standard InChI is InChI=1S/C23H22N4O2/c1-26-21(18-11-9-16(10-12-18)15-27-13-5-6-14-27)24-22-19(23(26)28)20(25-29-22)17-7-3-2-4-8-17/h2-4,7-12H,5-6,13-15H2,1H3. The van der Waals surface area contributed by atoms with E-state index in [-0.39, 0.29) is 11.3 Å². The monoisotopic (exact) mass is 386 g/mol. The smallest absolute Gasteiger partial charge is 0.267 e. The van der Waals surface area contributed by atoms with E-state index in [0.717, 1.165) is 17.7 Å². The average Bonchev–Trinajstić information content (AvgIpc) is 3.42. The molecular weight excluding hydrogens is 364 g/mol. The molecule has 0 saturated carbocycles. The van der Waals surface area contributed by atoms with Crippen LogP contribution in [0, 0.1) is 0 Å². The van der Waals surface area contributed by atoms with Crippen LogP contribution in [-0.4, -0.2) is 32.7 Å². The van der Waals surface area contributed by atoms with Crippen molar-refractivity contribution in [1.29, 1.82) is 0 Å². The molecule has 0 amide bonds. The molecule has 1 fully saturated rings. The lowest BCUT2D eigenvalue weighted by molar-refractivity contribution is 0.331. The maximum Gasteiger partial charge on any atom is 0.267 e. The van der Waals surface area contributed by atoms with Gasteiger partial charge in [-0.2, -0.15) is 4.98 Å². The summed E-state index contributed by atoms with van der Waals surface area (Å²) in [5.74, 6) is 0.575. The van der Waals surface area contributed by atoms with Crippen LogP contribution in [0.4, 0.5) is 0 Å². The minimum absolute atomic E-state index is 0.161. The first-order valence-electron chi connectivity index (χ1n) is 9.94. The van der Waals surface area contributed by atoms with Gasteiger partial charge in [0.05, 0.1) is 0 Å². The van der Waals surface area contributed by atoms with E-state index in [0.29, 0.717) is 16.9 Å². The molecule has 0 radical (unpaired) electrons. The van der Waals surface area contributed by atoms with Gasteiger partial charge in [-0.15, -0.1) is 0 Å². The summed E-state index contributed by atoms with van der Waals surface area (Å²) in [5.41, 5.74) is 3.63. The van der Waals surface area contributed by atoms with Gasteiger partial charge in [-0.05, 0) is 31.5 Å². The Hall–Kier alpha value is -3.25. The van der Waals surface area contributed by atoms with Crippen LogP contribution in [0.2, 0.25) is 0 Å². The SMILES string of the molecule is Cn1c(-c2ccc(CN3CCCC3)cc2)nc2onc(-c3ccccc3)c2c1=O. The number of likely N-dealkylation sites (tertiary alicyclic amines) is 1. The molecule has 4 aromatic rings. The van der Waals surface area contributed by atoms with Gasteiger partial charge >= 0.3 is 0 Å². The van der Waals surface area contributed by atoms with Crippen molar-refractivity contribution in [3.8, 4) is 22.6 Å². The van der Waals surface area contributed by atoms with Crippen LogP contribution in [0.1, 0.15) is 18.4 Å². The van der Waals surface area contributed by atoms with E-state index in [1.165, 1.54) is 31.5 Å². The molecule has 0 unspecified atom stereocenters. The van der Waals surface area contributed by atoms with Crippen molar-refractivity contribution in [2.75, 3.05) is 13.1 Å². The molecule has 0 aliphatic carbocycles. The van der Waals surface area contributed by atoms with Gasteiger partial charge in [0.25, 0.3) is 11.3 Å². The number of benzene rings is 2. The fourth-order valence-corrected chi connectivity index (χ4v) is 4.00. The highest BCUT2D eigenvalue weighted by molar-refractivity contribution is 5.89. The first-order chi connectivity index (χ1) is 14.2. The lowest BCUT2D eigenvalue weighted by atomic mass is 10.1. The van der Waals surface area contributed by atoms with Gasteiger partial charge in [0.1, 0.15) is 16.9 Å². The summed E-state index contributed by atoms with van der Waals surface area (Å²) in [5, 5.41) is 4.53. The van der Waals surface area contributed by atoms with E-state index in [1.807, 2.05) is 42.5 Å².